The summed E-state index contributed by atoms with van der Waals surface area (Å²) >= 11 is 0. The molecule has 13 rings (SSSR count). The molecule has 9 aromatic carbocycles. The maximum Gasteiger partial charge on any atom is 0.164 e. The SMILES string of the molecule is c1ccc(-c2nc(-c3ccccc3)nc(-c3ccc(-c4nc(-c5ccccc5)nc(-c5cc(-c6c7ccccc7cc7ncccc67)cc(-c6c7ccccc7cc7ncccc67)c5)n4)cc3)n2)cc1. The van der Waals surface area contributed by atoms with Crippen LogP contribution in [0.25, 0.3) is 134 Å². The molecule has 0 fully saturated rings. The van der Waals surface area contributed by atoms with Gasteiger partial charge in [0.15, 0.2) is 34.9 Å². The molecular formula is C62H38N8. The van der Waals surface area contributed by atoms with E-state index in [2.05, 4.69) is 91.0 Å². The Morgan fingerprint density at radius 2 is 0.514 bits per heavy atom. The van der Waals surface area contributed by atoms with Gasteiger partial charge >= 0.3 is 0 Å². The Hall–Kier alpha value is -9.66. The lowest BCUT2D eigenvalue weighted by atomic mass is 9.88. The molecular weight excluding hydrogens is 857 g/mol. The molecule has 0 radical (unpaired) electrons. The maximum atomic E-state index is 5.34. The van der Waals surface area contributed by atoms with Crippen molar-refractivity contribution in [1.82, 2.24) is 39.9 Å². The zero-order valence-electron chi connectivity index (χ0n) is 37.5. The monoisotopic (exact) mass is 894 g/mol. The molecule has 0 spiro atoms. The number of aromatic nitrogens is 8. The van der Waals surface area contributed by atoms with Gasteiger partial charge in [-0.3, -0.25) is 9.97 Å². The Morgan fingerprint density at radius 3 is 0.900 bits per heavy atom. The van der Waals surface area contributed by atoms with Gasteiger partial charge in [0.05, 0.1) is 11.0 Å². The van der Waals surface area contributed by atoms with E-state index >= 15 is 0 Å². The molecule has 13 aromatic rings. The van der Waals surface area contributed by atoms with Gasteiger partial charge in [0.1, 0.15) is 0 Å². The Morgan fingerprint density at radius 1 is 0.214 bits per heavy atom. The van der Waals surface area contributed by atoms with Crippen LogP contribution in [0.15, 0.2) is 231 Å². The molecule has 0 atom stereocenters. The number of rotatable bonds is 8. The summed E-state index contributed by atoms with van der Waals surface area (Å²) < 4.78 is 0. The minimum atomic E-state index is 0.535. The lowest BCUT2D eigenvalue weighted by molar-refractivity contribution is 1.07. The third-order valence-corrected chi connectivity index (χ3v) is 12.8. The van der Waals surface area contributed by atoms with Crippen molar-refractivity contribution in [2.75, 3.05) is 0 Å². The quantitative estimate of drug-likeness (QED) is 0.139. The van der Waals surface area contributed by atoms with Crippen molar-refractivity contribution >= 4 is 43.4 Å². The normalized spacial score (nSPS) is 11.4. The molecule has 0 aliphatic carbocycles. The van der Waals surface area contributed by atoms with E-state index in [1.807, 2.05) is 140 Å². The summed E-state index contributed by atoms with van der Waals surface area (Å²) in [5, 5.41) is 6.58. The van der Waals surface area contributed by atoms with Gasteiger partial charge < -0.3 is 0 Å². The minimum absolute atomic E-state index is 0.535. The molecule has 8 nitrogen and oxygen atoms in total. The first-order valence-corrected chi connectivity index (χ1v) is 23.2. The molecule has 70 heavy (non-hydrogen) atoms. The molecule has 0 amide bonds. The molecule has 0 aliphatic rings. The average molecular weight is 895 g/mol. The van der Waals surface area contributed by atoms with Crippen molar-refractivity contribution in [1.29, 1.82) is 0 Å². The highest BCUT2D eigenvalue weighted by Gasteiger charge is 2.20. The van der Waals surface area contributed by atoms with Gasteiger partial charge in [0.2, 0.25) is 0 Å². The van der Waals surface area contributed by atoms with Gasteiger partial charge in [0, 0.05) is 56.5 Å². The highest BCUT2D eigenvalue weighted by Crippen LogP contribution is 2.43. The fourth-order valence-corrected chi connectivity index (χ4v) is 9.50. The number of fused-ring (bicyclic) bond motifs is 4. The van der Waals surface area contributed by atoms with Crippen molar-refractivity contribution in [3.8, 4) is 90.6 Å². The third kappa shape index (κ3) is 7.46. The smallest absolute Gasteiger partial charge is 0.164 e. The largest absolute Gasteiger partial charge is 0.256 e. The highest BCUT2D eigenvalue weighted by molar-refractivity contribution is 6.15. The first-order chi connectivity index (χ1) is 34.7. The molecule has 326 valence electrons. The van der Waals surface area contributed by atoms with Gasteiger partial charge in [-0.25, -0.2) is 29.9 Å². The predicted molar refractivity (Wildman–Crippen MR) is 282 cm³/mol. The van der Waals surface area contributed by atoms with Crippen LogP contribution in [0.5, 0.6) is 0 Å². The summed E-state index contributed by atoms with van der Waals surface area (Å²) in [5.41, 5.74) is 11.2. The fourth-order valence-electron chi connectivity index (χ4n) is 9.50. The third-order valence-electron chi connectivity index (χ3n) is 12.8. The number of benzene rings is 9. The minimum Gasteiger partial charge on any atom is -0.256 e. The summed E-state index contributed by atoms with van der Waals surface area (Å²) in [6, 6.07) is 74.7. The second kappa shape index (κ2) is 17.2. The molecule has 4 aromatic heterocycles. The van der Waals surface area contributed by atoms with Crippen LogP contribution in [0.1, 0.15) is 0 Å². The fraction of sp³-hybridized carbons (Fsp3) is 0. The Labute approximate surface area is 402 Å². The van der Waals surface area contributed by atoms with Crippen LogP contribution in [-0.4, -0.2) is 39.9 Å². The van der Waals surface area contributed by atoms with Gasteiger partial charge in [-0.2, -0.15) is 0 Å². The van der Waals surface area contributed by atoms with E-state index in [9.17, 15) is 0 Å². The van der Waals surface area contributed by atoms with Crippen LogP contribution in [0, 0.1) is 0 Å². The molecule has 0 bridgehead atoms. The summed E-state index contributed by atoms with van der Waals surface area (Å²) in [6.45, 7) is 0. The van der Waals surface area contributed by atoms with Gasteiger partial charge in [0.25, 0.3) is 0 Å². The van der Waals surface area contributed by atoms with E-state index in [-0.39, 0.29) is 0 Å². The van der Waals surface area contributed by atoms with Gasteiger partial charge in [-0.05, 0) is 86.3 Å². The highest BCUT2D eigenvalue weighted by atomic mass is 15.0. The molecule has 0 saturated heterocycles. The van der Waals surface area contributed by atoms with Gasteiger partial charge in [-0.15, -0.1) is 0 Å². The Kier molecular flexibility index (Phi) is 9.98. The molecule has 0 unspecified atom stereocenters. The summed E-state index contributed by atoms with van der Waals surface area (Å²) in [6.07, 6.45) is 3.71. The van der Waals surface area contributed by atoms with Crippen LogP contribution in [0.2, 0.25) is 0 Å². The second-order valence-electron chi connectivity index (χ2n) is 17.2. The van der Waals surface area contributed by atoms with Crippen molar-refractivity contribution in [3.05, 3.63) is 231 Å². The Bertz CT molecular complexity index is 3800. The zero-order chi connectivity index (χ0) is 46.4. The molecule has 0 N–H and O–H groups in total. The topological polar surface area (TPSA) is 103 Å². The van der Waals surface area contributed by atoms with E-state index < -0.39 is 0 Å². The van der Waals surface area contributed by atoms with E-state index in [4.69, 9.17) is 39.9 Å². The first kappa shape index (κ1) is 40.6. The van der Waals surface area contributed by atoms with Crippen molar-refractivity contribution < 1.29 is 0 Å². The van der Waals surface area contributed by atoms with Crippen molar-refractivity contribution in [3.63, 3.8) is 0 Å². The first-order valence-electron chi connectivity index (χ1n) is 23.2. The van der Waals surface area contributed by atoms with E-state index in [1.54, 1.807) is 0 Å². The van der Waals surface area contributed by atoms with Crippen LogP contribution in [-0.2, 0) is 0 Å². The van der Waals surface area contributed by atoms with Gasteiger partial charge in [-0.1, -0.05) is 176 Å². The van der Waals surface area contributed by atoms with E-state index in [0.717, 1.165) is 99.0 Å². The number of pyridine rings is 2. The second-order valence-corrected chi connectivity index (χ2v) is 17.2. The number of nitrogens with zero attached hydrogens (tertiary/aromatic N) is 8. The van der Waals surface area contributed by atoms with Crippen LogP contribution < -0.4 is 0 Å². The molecule has 0 aliphatic heterocycles. The average Bonchev–Trinajstić information content (AvgIpc) is 3.44. The molecule has 4 heterocycles. The zero-order valence-corrected chi connectivity index (χ0v) is 37.5. The van der Waals surface area contributed by atoms with Crippen molar-refractivity contribution in [2.45, 2.75) is 0 Å². The van der Waals surface area contributed by atoms with E-state index in [1.165, 1.54) is 0 Å². The number of hydrogen-bond acceptors (Lipinski definition) is 8. The van der Waals surface area contributed by atoms with Crippen LogP contribution in [0.3, 0.4) is 0 Å². The van der Waals surface area contributed by atoms with Crippen LogP contribution in [0.4, 0.5) is 0 Å². The standard InChI is InChI=1S/C62H38N8/c1-4-16-39(17-5-1)57-65-58(40-18-6-2-7-19-40)67-60(66-57)42-28-30-43(31-29-42)61-68-59(41-20-8-3-9-21-41)69-62(70-61)48-35-46(55-49-24-12-10-22-44(49)37-53-51(55)26-14-32-63-53)34-47(36-48)56-50-25-13-11-23-45(50)38-54-52(56)27-15-33-64-54/h1-38H. The van der Waals surface area contributed by atoms with Crippen LogP contribution >= 0.6 is 0 Å². The maximum absolute atomic E-state index is 5.34. The van der Waals surface area contributed by atoms with E-state index in [0.29, 0.717) is 34.9 Å². The summed E-state index contributed by atoms with van der Waals surface area (Å²) in [4.78, 5) is 40.4. The van der Waals surface area contributed by atoms with Crippen molar-refractivity contribution in [2.24, 2.45) is 0 Å². The molecule has 0 saturated carbocycles. The number of hydrogen-bond donors (Lipinski definition) is 0. The predicted octanol–water partition coefficient (Wildman–Crippen LogP) is 14.8. The molecule has 8 heteroatoms. The summed E-state index contributed by atoms with van der Waals surface area (Å²) in [5.74, 6) is 3.41. The summed E-state index contributed by atoms with van der Waals surface area (Å²) in [7, 11) is 0. The Balaban J connectivity index is 1.02. The lowest BCUT2D eigenvalue weighted by Gasteiger charge is -2.17. The lowest BCUT2D eigenvalue weighted by Crippen LogP contribution is -2.01.